The van der Waals surface area contributed by atoms with Gasteiger partial charge in [0.25, 0.3) is 0 Å². The Morgan fingerprint density at radius 1 is 1.02 bits per heavy atom. The van der Waals surface area contributed by atoms with E-state index in [2.05, 4.69) is 4.57 Å². The number of amides is 1. The number of aromatic nitrogens is 1. The molecule has 212 valence electrons. The maximum absolute atomic E-state index is 13.3. The molecule has 1 fully saturated rings. The lowest BCUT2D eigenvalue weighted by atomic mass is 9.96. The van der Waals surface area contributed by atoms with Gasteiger partial charge in [-0.1, -0.05) is 23.7 Å². The molecule has 40 heavy (non-hydrogen) atoms. The molecule has 0 aliphatic carbocycles. The number of carbonyl (C=O) groups is 2. The lowest BCUT2D eigenvalue weighted by Gasteiger charge is -2.31. The maximum Gasteiger partial charge on any atom is 0.309 e. The van der Waals surface area contributed by atoms with Crippen molar-refractivity contribution in [3.63, 3.8) is 0 Å². The van der Waals surface area contributed by atoms with E-state index in [1.54, 1.807) is 14.2 Å². The van der Waals surface area contributed by atoms with Crippen LogP contribution in [0.4, 0.5) is 0 Å². The van der Waals surface area contributed by atoms with Crippen LogP contribution in [0.5, 0.6) is 11.5 Å². The molecule has 3 heterocycles. The minimum Gasteiger partial charge on any atom is -0.493 e. The summed E-state index contributed by atoms with van der Waals surface area (Å²) in [6.07, 6.45) is 3.18. The first-order chi connectivity index (χ1) is 19.4. The number of nitrogens with zero attached hydrogens (tertiary/aromatic N) is 2. The van der Waals surface area contributed by atoms with Crippen LogP contribution in [0.1, 0.15) is 61.6 Å². The quantitative estimate of drug-likeness (QED) is 0.316. The molecule has 0 spiro atoms. The Morgan fingerprint density at radius 2 is 1.82 bits per heavy atom. The van der Waals surface area contributed by atoms with E-state index in [4.69, 9.17) is 30.5 Å². The van der Waals surface area contributed by atoms with E-state index in [0.29, 0.717) is 61.9 Å². The molecule has 0 radical (unpaired) electrons. The number of carbonyl (C=O) groups excluding carboxylic acids is 2. The van der Waals surface area contributed by atoms with Crippen molar-refractivity contribution < 1.29 is 28.5 Å². The van der Waals surface area contributed by atoms with Gasteiger partial charge in [0.05, 0.1) is 44.2 Å². The molecule has 9 heteroatoms. The van der Waals surface area contributed by atoms with E-state index in [1.807, 2.05) is 66.6 Å². The van der Waals surface area contributed by atoms with E-state index >= 15 is 0 Å². The fraction of sp³-hybridized carbons (Fsp3) is 0.419. The number of methoxy groups -OCH3 is 2. The summed E-state index contributed by atoms with van der Waals surface area (Å²) in [4.78, 5) is 27.2. The van der Waals surface area contributed by atoms with Crippen LogP contribution in [0.3, 0.4) is 0 Å². The lowest BCUT2D eigenvalue weighted by molar-refractivity contribution is -0.151. The van der Waals surface area contributed by atoms with Gasteiger partial charge >= 0.3 is 5.97 Å². The van der Waals surface area contributed by atoms with Crippen molar-refractivity contribution in [1.82, 2.24) is 9.47 Å². The molecule has 8 nitrogen and oxygen atoms in total. The Bertz CT molecular complexity index is 1360. The van der Waals surface area contributed by atoms with Gasteiger partial charge < -0.3 is 28.4 Å². The predicted molar refractivity (Wildman–Crippen MR) is 151 cm³/mol. The number of rotatable bonds is 8. The zero-order chi connectivity index (χ0) is 28.2. The monoisotopic (exact) mass is 566 g/mol. The standard InChI is InChI=1S/C31H35ClN2O6/c1-4-39-31(36)20-14-17-33(18-15-20)28(35)13-12-26-25-8-6-16-34(25)24-11-10-21(32)19-23(24)29(40-26)22-7-5-9-27(37-2)30(22)38-3/h5-11,16,19-20,26,29H,4,12-15,17-18H2,1-3H3/t26-,29-/m1/s1. The third-order valence-corrected chi connectivity index (χ3v) is 7.98. The molecular formula is C31H35ClN2O6. The van der Waals surface area contributed by atoms with Crippen LogP contribution in [0, 0.1) is 5.92 Å². The summed E-state index contributed by atoms with van der Waals surface area (Å²) in [7, 11) is 3.22. The fourth-order valence-corrected chi connectivity index (χ4v) is 5.93. The van der Waals surface area contributed by atoms with Crippen molar-refractivity contribution in [1.29, 1.82) is 0 Å². The number of para-hydroxylation sites is 1. The molecule has 1 amide bonds. The predicted octanol–water partition coefficient (Wildman–Crippen LogP) is 5.89. The first kappa shape index (κ1) is 28.1. The Balaban J connectivity index is 1.41. The third kappa shape index (κ3) is 5.56. The first-order valence-corrected chi connectivity index (χ1v) is 14.1. The Labute approximate surface area is 239 Å². The number of piperidine rings is 1. The van der Waals surface area contributed by atoms with Crippen LogP contribution < -0.4 is 9.47 Å². The smallest absolute Gasteiger partial charge is 0.309 e. The zero-order valence-corrected chi connectivity index (χ0v) is 23.9. The van der Waals surface area contributed by atoms with Crippen LogP contribution in [-0.2, 0) is 19.1 Å². The second-order valence-corrected chi connectivity index (χ2v) is 10.5. The molecule has 1 aromatic heterocycles. The molecule has 1 saturated heterocycles. The normalized spacial score (nSPS) is 18.9. The largest absolute Gasteiger partial charge is 0.493 e. The Kier molecular flexibility index (Phi) is 8.66. The fourth-order valence-electron chi connectivity index (χ4n) is 5.75. The average Bonchev–Trinajstić information content (AvgIpc) is 3.42. The number of ether oxygens (including phenoxy) is 4. The minimum absolute atomic E-state index is 0.0596. The highest BCUT2D eigenvalue weighted by molar-refractivity contribution is 6.30. The van der Waals surface area contributed by atoms with Crippen molar-refractivity contribution in [2.24, 2.45) is 5.92 Å². The van der Waals surface area contributed by atoms with Gasteiger partial charge in [0.2, 0.25) is 5.91 Å². The second kappa shape index (κ2) is 12.4. The highest BCUT2D eigenvalue weighted by Crippen LogP contribution is 2.46. The molecule has 2 aromatic carbocycles. The van der Waals surface area contributed by atoms with Gasteiger partial charge in [-0.25, -0.2) is 0 Å². The van der Waals surface area contributed by atoms with Gasteiger partial charge in [-0.3, -0.25) is 9.59 Å². The molecule has 0 bridgehead atoms. The molecule has 0 saturated carbocycles. The van der Waals surface area contributed by atoms with Gasteiger partial charge in [0, 0.05) is 41.9 Å². The highest BCUT2D eigenvalue weighted by atomic mass is 35.5. The SMILES string of the molecule is CCOC(=O)C1CCN(C(=O)CC[C@H]2O[C@H](c3cccc(OC)c3OC)c3cc(Cl)ccc3-n3cccc32)CC1. The molecular weight excluding hydrogens is 532 g/mol. The molecule has 2 atom stereocenters. The van der Waals surface area contributed by atoms with Crippen molar-refractivity contribution in [3.8, 4) is 17.2 Å². The Hall–Kier alpha value is -3.49. The minimum atomic E-state index is -0.515. The number of hydrogen-bond acceptors (Lipinski definition) is 6. The molecule has 0 unspecified atom stereocenters. The van der Waals surface area contributed by atoms with E-state index in [1.165, 1.54) is 0 Å². The number of esters is 1. The van der Waals surface area contributed by atoms with Crippen molar-refractivity contribution in [3.05, 3.63) is 76.6 Å². The topological polar surface area (TPSA) is 79.2 Å². The highest BCUT2D eigenvalue weighted by Gasteiger charge is 2.34. The van der Waals surface area contributed by atoms with Crippen LogP contribution in [-0.4, -0.2) is 55.3 Å². The summed E-state index contributed by atoms with van der Waals surface area (Å²) in [5, 5.41) is 0.600. The molecule has 2 aliphatic heterocycles. The van der Waals surface area contributed by atoms with Crippen molar-refractivity contribution in [2.45, 2.75) is 44.8 Å². The van der Waals surface area contributed by atoms with E-state index in [-0.39, 0.29) is 23.9 Å². The number of fused-ring (bicyclic) bond motifs is 3. The van der Waals surface area contributed by atoms with E-state index in [0.717, 1.165) is 22.5 Å². The zero-order valence-electron chi connectivity index (χ0n) is 23.1. The number of benzene rings is 2. The van der Waals surface area contributed by atoms with Gasteiger partial charge in [0.1, 0.15) is 6.10 Å². The lowest BCUT2D eigenvalue weighted by Crippen LogP contribution is -2.40. The summed E-state index contributed by atoms with van der Waals surface area (Å²) in [6.45, 7) is 3.29. The van der Waals surface area contributed by atoms with Crippen LogP contribution in [0.2, 0.25) is 5.02 Å². The number of halogens is 1. The maximum atomic E-state index is 13.3. The number of hydrogen-bond donors (Lipinski definition) is 0. The second-order valence-electron chi connectivity index (χ2n) is 10.0. The number of likely N-dealkylation sites (tertiary alicyclic amines) is 1. The van der Waals surface area contributed by atoms with Crippen LogP contribution in [0.25, 0.3) is 5.69 Å². The molecule has 2 aliphatic rings. The summed E-state index contributed by atoms with van der Waals surface area (Å²) in [6, 6.07) is 15.5. The average molecular weight is 567 g/mol. The third-order valence-electron chi connectivity index (χ3n) is 7.75. The summed E-state index contributed by atoms with van der Waals surface area (Å²) < 4.78 is 25.5. The summed E-state index contributed by atoms with van der Waals surface area (Å²) in [5.74, 6) is 0.951. The summed E-state index contributed by atoms with van der Waals surface area (Å²) >= 11 is 6.49. The van der Waals surface area contributed by atoms with Crippen LogP contribution >= 0.6 is 11.6 Å². The first-order valence-electron chi connectivity index (χ1n) is 13.7. The van der Waals surface area contributed by atoms with Gasteiger partial charge in [0.15, 0.2) is 11.5 Å². The van der Waals surface area contributed by atoms with Crippen molar-refractivity contribution in [2.75, 3.05) is 33.9 Å². The Morgan fingerprint density at radius 3 is 2.55 bits per heavy atom. The summed E-state index contributed by atoms with van der Waals surface area (Å²) in [5.41, 5.74) is 3.62. The van der Waals surface area contributed by atoms with Gasteiger partial charge in [-0.05, 0) is 62.6 Å². The van der Waals surface area contributed by atoms with Crippen molar-refractivity contribution >= 4 is 23.5 Å². The molecule has 5 rings (SSSR count). The van der Waals surface area contributed by atoms with E-state index in [9.17, 15) is 9.59 Å². The molecule has 3 aromatic rings. The molecule has 0 N–H and O–H groups in total. The van der Waals surface area contributed by atoms with E-state index < -0.39 is 6.10 Å². The van der Waals surface area contributed by atoms with Gasteiger partial charge in [-0.15, -0.1) is 0 Å². The van der Waals surface area contributed by atoms with Gasteiger partial charge in [-0.2, -0.15) is 0 Å². The van der Waals surface area contributed by atoms with Crippen LogP contribution in [0.15, 0.2) is 54.7 Å².